The van der Waals surface area contributed by atoms with Gasteiger partial charge in [0.15, 0.2) is 11.4 Å². The first kappa shape index (κ1) is 42.2. The van der Waals surface area contributed by atoms with Gasteiger partial charge in [-0.05, 0) is 106 Å². The predicted octanol–water partition coefficient (Wildman–Crippen LogP) is 5.68. The van der Waals surface area contributed by atoms with Gasteiger partial charge in [0, 0.05) is 57.7 Å². The number of rotatable bonds is 18. The minimum absolute atomic E-state index is 0.0323. The molecule has 2 saturated carbocycles. The summed E-state index contributed by atoms with van der Waals surface area (Å²) in [6.07, 6.45) is 8.47. The molecule has 2 aliphatic carbocycles. The van der Waals surface area contributed by atoms with Crippen LogP contribution in [-0.4, -0.2) is 96.8 Å². The molecule has 3 fully saturated rings. The number of pyridine rings is 1. The van der Waals surface area contributed by atoms with E-state index in [9.17, 15) is 28.3 Å². The van der Waals surface area contributed by atoms with Crippen LogP contribution in [0.1, 0.15) is 98.0 Å². The highest BCUT2D eigenvalue weighted by molar-refractivity contribution is 6.03. The molecule has 16 nitrogen and oxygen atoms in total. The van der Waals surface area contributed by atoms with Crippen LogP contribution in [0.4, 0.5) is 20.3 Å². The molecule has 18 heteroatoms. The van der Waals surface area contributed by atoms with Gasteiger partial charge in [0.2, 0.25) is 11.8 Å². The zero-order chi connectivity index (χ0) is 42.6. The Morgan fingerprint density at radius 1 is 1.07 bits per heavy atom. The highest BCUT2D eigenvalue weighted by Gasteiger charge is 2.32. The Balaban J connectivity index is 0.756. The molecule has 5 heterocycles. The number of carbonyl (C=O) groups excluding carboxylic acids is 2. The molecule has 1 saturated heterocycles. The molecule has 4 aromatic heterocycles. The number of nitrogens with one attached hydrogen (secondary N) is 3. The third-order valence-electron chi connectivity index (χ3n) is 12.2. The Morgan fingerprint density at radius 2 is 1.87 bits per heavy atom. The molecule has 0 spiro atoms. The van der Waals surface area contributed by atoms with Crippen LogP contribution in [0.25, 0.3) is 22.5 Å². The first-order valence-corrected chi connectivity index (χ1v) is 21.3. The van der Waals surface area contributed by atoms with Crippen LogP contribution in [0, 0.1) is 11.8 Å². The second kappa shape index (κ2) is 18.7. The average Bonchev–Trinajstić information content (AvgIpc) is 3.66. The Kier molecular flexibility index (Phi) is 12.9. The Labute approximate surface area is 351 Å². The van der Waals surface area contributed by atoms with Crippen molar-refractivity contribution in [2.45, 2.75) is 88.9 Å². The number of anilines is 2. The normalized spacial score (nSPS) is 20.7. The second-order valence-corrected chi connectivity index (χ2v) is 16.8. The number of hydrogen-bond acceptors (Lipinski definition) is 11. The lowest BCUT2D eigenvalue weighted by atomic mass is 9.86. The lowest BCUT2D eigenvalue weighted by Gasteiger charge is -2.31. The smallest absolute Gasteiger partial charge is 0.329 e. The summed E-state index contributed by atoms with van der Waals surface area (Å²) in [7, 11) is 3.80. The third kappa shape index (κ3) is 10.0. The van der Waals surface area contributed by atoms with Crippen LogP contribution < -0.4 is 21.6 Å². The van der Waals surface area contributed by atoms with E-state index in [1.54, 1.807) is 39.2 Å². The summed E-state index contributed by atoms with van der Waals surface area (Å²) in [5.41, 5.74) is 2.47. The van der Waals surface area contributed by atoms with Gasteiger partial charge >= 0.3 is 5.69 Å². The van der Waals surface area contributed by atoms with E-state index >= 15 is 0 Å². The number of aliphatic hydroxyl groups excluding tert-OH is 1. The van der Waals surface area contributed by atoms with Crippen LogP contribution >= 0.6 is 0 Å². The van der Waals surface area contributed by atoms with Crippen molar-refractivity contribution in [2.24, 2.45) is 18.9 Å². The summed E-state index contributed by atoms with van der Waals surface area (Å²) in [4.78, 5) is 48.8. The fraction of sp³-hybridized carbons (Fsp3) is 0.535. The number of halogens is 2. The summed E-state index contributed by atoms with van der Waals surface area (Å²) >= 11 is 0. The highest BCUT2D eigenvalue weighted by atomic mass is 19.3. The van der Waals surface area contributed by atoms with Gasteiger partial charge in [-0.15, -0.1) is 0 Å². The number of piperidine rings is 1. The van der Waals surface area contributed by atoms with Crippen LogP contribution in [0.3, 0.4) is 0 Å². The van der Waals surface area contributed by atoms with Crippen molar-refractivity contribution in [3.8, 4) is 11.5 Å². The molecule has 5 aromatic rings. The molecule has 4 N–H and O–H groups in total. The van der Waals surface area contributed by atoms with Gasteiger partial charge in [-0.3, -0.25) is 23.4 Å². The molecule has 0 bridgehead atoms. The Bertz CT molecular complexity index is 2380. The summed E-state index contributed by atoms with van der Waals surface area (Å²) in [6, 6.07) is 8.88. The van der Waals surface area contributed by atoms with Crippen LogP contribution in [0.15, 0.2) is 58.2 Å². The van der Waals surface area contributed by atoms with Gasteiger partial charge < -0.3 is 35.1 Å². The molecule has 61 heavy (non-hydrogen) atoms. The van der Waals surface area contributed by atoms with Crippen molar-refractivity contribution in [2.75, 3.05) is 50.5 Å². The van der Waals surface area contributed by atoms with Crippen molar-refractivity contribution in [1.29, 1.82) is 0 Å². The minimum atomic E-state index is -2.87. The molecule has 0 radical (unpaired) electrons. The number of alkyl halides is 2. The number of amides is 2. The number of oxazole rings is 1. The molecule has 1 aliphatic heterocycles. The molecule has 326 valence electrons. The number of imidazole rings is 1. The van der Waals surface area contributed by atoms with Crippen molar-refractivity contribution in [3.63, 3.8) is 0 Å². The fourth-order valence-corrected chi connectivity index (χ4v) is 8.53. The lowest BCUT2D eigenvalue weighted by molar-refractivity contribution is -0.128. The van der Waals surface area contributed by atoms with E-state index < -0.39 is 30.3 Å². The zero-order valence-corrected chi connectivity index (χ0v) is 34.6. The molecule has 2 atom stereocenters. The molecular formula is C43H54F2N10O6. The summed E-state index contributed by atoms with van der Waals surface area (Å²) in [5.74, 6) is 1.16. The topological polar surface area (TPSA) is 187 Å². The molecular weight excluding hydrogens is 791 g/mol. The van der Waals surface area contributed by atoms with Gasteiger partial charge in [0.1, 0.15) is 18.3 Å². The largest absolute Gasteiger partial charge is 0.444 e. The number of aromatic nitrogens is 6. The van der Waals surface area contributed by atoms with Crippen LogP contribution in [-0.2, 0) is 23.0 Å². The lowest BCUT2D eigenvalue weighted by Crippen LogP contribution is -2.47. The SMILES string of the molecule is CN(CCOCCCc1ccc2c(c1)n(C)c(=O)n2C1CCC(=O)NC1O)C[C@H]1CC[C@H](n2cc(NC(=O)c3coc(-c4ccnc(NCC5CC5)c4)n3)c(C(F)F)n2)CC1. The first-order chi connectivity index (χ1) is 29.5. The third-order valence-corrected chi connectivity index (χ3v) is 12.2. The molecule has 2 amide bonds. The maximum atomic E-state index is 14.1. The molecule has 2 unspecified atom stereocenters. The maximum absolute atomic E-state index is 14.1. The van der Waals surface area contributed by atoms with Gasteiger partial charge in [0.05, 0.1) is 35.4 Å². The Morgan fingerprint density at radius 3 is 2.64 bits per heavy atom. The number of aryl methyl sites for hydroxylation is 2. The minimum Gasteiger partial charge on any atom is -0.444 e. The van der Waals surface area contributed by atoms with Crippen molar-refractivity contribution < 1.29 is 32.6 Å². The summed E-state index contributed by atoms with van der Waals surface area (Å²) in [6.45, 7) is 3.72. The summed E-state index contributed by atoms with van der Waals surface area (Å²) < 4.78 is 44.6. The molecule has 3 aliphatic rings. The summed E-state index contributed by atoms with van der Waals surface area (Å²) in [5, 5.41) is 23.1. The standard InChI is InChI=1S/C43H54F2N10O6/c1-52(17-19-60-18-3-4-26-9-12-33-35(20-26)53(2)43(59)55(33)34-13-14-37(56)50-41(34)58)23-28-7-10-30(11-8-28)54-24-31(38(51-54)39(44)45)48-40(57)32-25-61-42(49-32)29-15-16-46-36(21-29)47-22-27-5-6-27/h9,12,15-16,20-21,24-25,27-28,30,34,39,41,58H,3-8,10-11,13-14,17-19,22-23H2,1-2H3,(H,46,47)(H,48,57)(H,50,56)/t28-,30-,34?,41?. The number of ether oxygens (including phenoxy) is 1. The number of likely N-dealkylation sites (N-methyl/N-ethyl adjacent to an activating group) is 1. The average molecular weight is 845 g/mol. The highest BCUT2D eigenvalue weighted by Crippen LogP contribution is 2.36. The first-order valence-electron chi connectivity index (χ1n) is 21.3. The molecule has 1 aromatic carbocycles. The number of fused-ring (bicyclic) bond motifs is 1. The number of aliphatic hydroxyl groups is 1. The van der Waals surface area contributed by atoms with E-state index in [0.717, 1.165) is 74.8 Å². The van der Waals surface area contributed by atoms with E-state index in [1.165, 1.54) is 25.3 Å². The van der Waals surface area contributed by atoms with Gasteiger partial charge in [0.25, 0.3) is 12.3 Å². The number of hydrogen-bond donors (Lipinski definition) is 4. The quantitative estimate of drug-likeness (QED) is 0.0796. The number of benzene rings is 1. The van der Waals surface area contributed by atoms with E-state index in [-0.39, 0.29) is 41.3 Å². The predicted molar refractivity (Wildman–Crippen MR) is 223 cm³/mol. The number of carbonyl (C=O) groups is 2. The van der Waals surface area contributed by atoms with E-state index in [1.807, 2.05) is 18.2 Å². The van der Waals surface area contributed by atoms with Gasteiger partial charge in [-0.1, -0.05) is 6.07 Å². The van der Waals surface area contributed by atoms with Crippen molar-refractivity contribution in [3.05, 3.63) is 76.4 Å². The van der Waals surface area contributed by atoms with E-state index in [4.69, 9.17) is 9.15 Å². The van der Waals surface area contributed by atoms with Crippen LogP contribution in [0.5, 0.6) is 0 Å². The van der Waals surface area contributed by atoms with E-state index in [0.29, 0.717) is 42.9 Å². The van der Waals surface area contributed by atoms with Crippen LogP contribution in [0.2, 0.25) is 0 Å². The fourth-order valence-electron chi connectivity index (χ4n) is 8.53. The van der Waals surface area contributed by atoms with Crippen molar-refractivity contribution >= 4 is 34.4 Å². The number of nitrogens with zero attached hydrogens (tertiary/aromatic N) is 7. The van der Waals surface area contributed by atoms with Gasteiger partial charge in [-0.25, -0.2) is 23.5 Å². The molecule has 8 rings (SSSR count). The maximum Gasteiger partial charge on any atom is 0.329 e. The van der Waals surface area contributed by atoms with Crippen molar-refractivity contribution in [1.82, 2.24) is 39.1 Å². The monoisotopic (exact) mass is 844 g/mol. The zero-order valence-electron chi connectivity index (χ0n) is 34.6. The van der Waals surface area contributed by atoms with Gasteiger partial charge in [-0.2, -0.15) is 5.10 Å². The second-order valence-electron chi connectivity index (χ2n) is 16.8. The Hall–Kier alpha value is -5.46. The van der Waals surface area contributed by atoms with E-state index in [2.05, 4.69) is 43.0 Å².